The van der Waals surface area contributed by atoms with Crippen molar-refractivity contribution >= 4 is 23.9 Å². The molecule has 0 bridgehead atoms. The van der Waals surface area contributed by atoms with E-state index in [4.69, 9.17) is 4.42 Å². The number of hydrogen-bond donors (Lipinski definition) is 1. The monoisotopic (exact) mass is 389 g/mol. The van der Waals surface area contributed by atoms with Crippen LogP contribution in [0.3, 0.4) is 0 Å². The number of aromatic amines is 1. The highest BCUT2D eigenvalue weighted by atomic mass is 32.2. The summed E-state index contributed by atoms with van der Waals surface area (Å²) in [6.07, 6.45) is 3.89. The predicted octanol–water partition coefficient (Wildman–Crippen LogP) is 5.19. The van der Waals surface area contributed by atoms with Gasteiger partial charge < -0.3 is 4.42 Å². The minimum atomic E-state index is -0.0616. The van der Waals surface area contributed by atoms with Gasteiger partial charge in [-0.05, 0) is 37.6 Å². The number of benzene rings is 2. The van der Waals surface area contributed by atoms with Crippen molar-refractivity contribution in [1.29, 1.82) is 0 Å². The summed E-state index contributed by atoms with van der Waals surface area (Å²) < 4.78 is 5.83. The molecule has 1 atom stereocenters. The number of aryl methyl sites for hydroxylation is 1. The van der Waals surface area contributed by atoms with Crippen LogP contribution >= 0.6 is 11.8 Å². The molecule has 0 spiro atoms. The SMILES string of the molecule is Cc1ccc(-c2nnc(C(C)Sc3n[nH]c(/C=C/c4ccccc4)n3)o2)cc1. The molecule has 0 fully saturated rings. The second-order valence-corrected chi connectivity index (χ2v) is 7.63. The zero-order valence-corrected chi connectivity index (χ0v) is 16.4. The smallest absolute Gasteiger partial charge is 0.247 e. The first-order chi connectivity index (χ1) is 13.7. The Hall–Kier alpha value is -3.19. The van der Waals surface area contributed by atoms with Gasteiger partial charge in [0.2, 0.25) is 16.9 Å². The summed E-state index contributed by atoms with van der Waals surface area (Å²) in [6, 6.07) is 18.1. The molecular weight excluding hydrogens is 370 g/mol. The topological polar surface area (TPSA) is 80.5 Å². The number of rotatable bonds is 6. The van der Waals surface area contributed by atoms with Gasteiger partial charge in [-0.15, -0.1) is 15.3 Å². The van der Waals surface area contributed by atoms with Crippen LogP contribution in [0.4, 0.5) is 0 Å². The van der Waals surface area contributed by atoms with Crippen molar-refractivity contribution in [2.45, 2.75) is 24.3 Å². The van der Waals surface area contributed by atoms with E-state index in [9.17, 15) is 0 Å². The highest BCUT2D eigenvalue weighted by Gasteiger charge is 2.18. The molecule has 0 saturated heterocycles. The Balaban J connectivity index is 1.41. The van der Waals surface area contributed by atoms with Crippen molar-refractivity contribution in [3.63, 3.8) is 0 Å². The first-order valence-electron chi connectivity index (χ1n) is 8.90. The van der Waals surface area contributed by atoms with Crippen LogP contribution in [0.1, 0.15) is 35.0 Å². The number of nitrogens with zero attached hydrogens (tertiary/aromatic N) is 4. The first kappa shape index (κ1) is 18.2. The number of nitrogens with one attached hydrogen (secondary N) is 1. The normalized spacial score (nSPS) is 12.5. The lowest BCUT2D eigenvalue weighted by Crippen LogP contribution is -1.89. The molecule has 2 aromatic carbocycles. The average molecular weight is 389 g/mol. The van der Waals surface area contributed by atoms with E-state index in [-0.39, 0.29) is 5.25 Å². The zero-order valence-electron chi connectivity index (χ0n) is 15.5. The summed E-state index contributed by atoms with van der Waals surface area (Å²) in [4.78, 5) is 4.49. The van der Waals surface area contributed by atoms with Crippen LogP contribution in [0.5, 0.6) is 0 Å². The maximum Gasteiger partial charge on any atom is 0.247 e. The van der Waals surface area contributed by atoms with Gasteiger partial charge in [-0.3, -0.25) is 5.10 Å². The van der Waals surface area contributed by atoms with Crippen LogP contribution < -0.4 is 0 Å². The van der Waals surface area contributed by atoms with Crippen molar-refractivity contribution in [3.8, 4) is 11.5 Å². The van der Waals surface area contributed by atoms with Gasteiger partial charge in [-0.25, -0.2) is 4.98 Å². The van der Waals surface area contributed by atoms with Gasteiger partial charge >= 0.3 is 0 Å². The van der Waals surface area contributed by atoms with Gasteiger partial charge in [0.25, 0.3) is 0 Å². The molecule has 6 nitrogen and oxygen atoms in total. The molecular formula is C21H19N5OS. The van der Waals surface area contributed by atoms with E-state index in [1.165, 1.54) is 17.3 Å². The second-order valence-electron chi connectivity index (χ2n) is 6.32. The lowest BCUT2D eigenvalue weighted by atomic mass is 10.1. The lowest BCUT2D eigenvalue weighted by molar-refractivity contribution is 0.509. The van der Waals surface area contributed by atoms with Crippen molar-refractivity contribution in [3.05, 3.63) is 77.4 Å². The molecule has 0 radical (unpaired) electrons. The van der Waals surface area contributed by atoms with E-state index in [2.05, 4.69) is 25.4 Å². The largest absolute Gasteiger partial charge is 0.419 e. The third-order valence-electron chi connectivity index (χ3n) is 4.08. The molecule has 0 aliphatic heterocycles. The number of aromatic nitrogens is 5. The van der Waals surface area contributed by atoms with E-state index in [0.29, 0.717) is 22.8 Å². The maximum absolute atomic E-state index is 5.83. The Morgan fingerprint density at radius 2 is 1.79 bits per heavy atom. The standard InChI is InChI=1S/C21H19N5OS/c1-14-8-11-17(12-9-14)20-25-24-19(27-20)15(2)28-21-22-18(23-26-21)13-10-16-6-4-3-5-7-16/h3-13,15H,1-2H3,(H,22,23,26)/b13-10+. The Bertz CT molecular complexity index is 1070. The van der Waals surface area contributed by atoms with Crippen LogP contribution in [0.25, 0.3) is 23.6 Å². The second kappa shape index (κ2) is 8.22. The van der Waals surface area contributed by atoms with E-state index >= 15 is 0 Å². The zero-order chi connectivity index (χ0) is 19.3. The highest BCUT2D eigenvalue weighted by Crippen LogP contribution is 2.33. The molecule has 0 saturated carbocycles. The van der Waals surface area contributed by atoms with Crippen LogP contribution in [-0.2, 0) is 0 Å². The molecule has 1 N–H and O–H groups in total. The molecule has 0 aliphatic carbocycles. The van der Waals surface area contributed by atoms with E-state index in [0.717, 1.165) is 11.1 Å². The fourth-order valence-electron chi connectivity index (χ4n) is 2.54. The molecule has 7 heteroatoms. The number of hydrogen-bond acceptors (Lipinski definition) is 6. The molecule has 28 heavy (non-hydrogen) atoms. The van der Waals surface area contributed by atoms with Crippen LogP contribution in [0.15, 0.2) is 64.2 Å². The van der Waals surface area contributed by atoms with Crippen molar-refractivity contribution < 1.29 is 4.42 Å². The molecule has 1 unspecified atom stereocenters. The van der Waals surface area contributed by atoms with Gasteiger partial charge in [0.05, 0.1) is 5.25 Å². The molecule has 140 valence electrons. The summed E-state index contributed by atoms with van der Waals surface area (Å²) in [5.41, 5.74) is 3.21. The minimum absolute atomic E-state index is 0.0616. The van der Waals surface area contributed by atoms with Gasteiger partial charge in [0.15, 0.2) is 0 Å². The summed E-state index contributed by atoms with van der Waals surface area (Å²) in [6.45, 7) is 4.04. The average Bonchev–Trinajstić information content (AvgIpc) is 3.38. The van der Waals surface area contributed by atoms with Gasteiger partial charge in [0, 0.05) is 5.56 Å². The first-order valence-corrected chi connectivity index (χ1v) is 9.78. The van der Waals surface area contributed by atoms with Gasteiger partial charge in [-0.1, -0.05) is 65.9 Å². The fourth-order valence-corrected chi connectivity index (χ4v) is 3.31. The molecule has 0 aliphatic rings. The van der Waals surface area contributed by atoms with Gasteiger partial charge in [0.1, 0.15) is 5.82 Å². The molecule has 2 heterocycles. The van der Waals surface area contributed by atoms with Crippen molar-refractivity contribution in [2.24, 2.45) is 0 Å². The Morgan fingerprint density at radius 1 is 1.00 bits per heavy atom. The summed E-state index contributed by atoms with van der Waals surface area (Å²) in [5.74, 6) is 1.76. The Morgan fingerprint density at radius 3 is 2.57 bits per heavy atom. The highest BCUT2D eigenvalue weighted by molar-refractivity contribution is 7.99. The summed E-state index contributed by atoms with van der Waals surface area (Å²) >= 11 is 1.47. The molecule has 0 amide bonds. The molecule has 2 aromatic heterocycles. The quantitative estimate of drug-likeness (QED) is 0.457. The molecule has 4 aromatic rings. The van der Waals surface area contributed by atoms with Crippen molar-refractivity contribution in [1.82, 2.24) is 25.4 Å². The van der Waals surface area contributed by atoms with E-state index in [1.54, 1.807) is 0 Å². The fraction of sp³-hybridized carbons (Fsp3) is 0.143. The summed E-state index contributed by atoms with van der Waals surface area (Å²) in [7, 11) is 0. The third kappa shape index (κ3) is 4.37. The van der Waals surface area contributed by atoms with Crippen LogP contribution in [-0.4, -0.2) is 25.4 Å². The molecule has 4 rings (SSSR count). The van der Waals surface area contributed by atoms with E-state index in [1.807, 2.05) is 80.6 Å². The van der Waals surface area contributed by atoms with Crippen molar-refractivity contribution in [2.75, 3.05) is 0 Å². The summed E-state index contributed by atoms with van der Waals surface area (Å²) in [5, 5.41) is 16.1. The predicted molar refractivity (Wildman–Crippen MR) is 110 cm³/mol. The number of H-pyrrole nitrogens is 1. The van der Waals surface area contributed by atoms with Gasteiger partial charge in [-0.2, -0.15) is 0 Å². The number of thioether (sulfide) groups is 1. The third-order valence-corrected chi connectivity index (χ3v) is 5.03. The maximum atomic E-state index is 5.83. The lowest BCUT2D eigenvalue weighted by Gasteiger charge is -2.02. The van der Waals surface area contributed by atoms with Crippen LogP contribution in [0.2, 0.25) is 0 Å². The Labute approximate surface area is 167 Å². The van der Waals surface area contributed by atoms with Crippen LogP contribution in [0, 0.1) is 6.92 Å². The minimum Gasteiger partial charge on any atom is -0.419 e. The Kier molecular flexibility index (Phi) is 5.34. The van der Waals surface area contributed by atoms with E-state index < -0.39 is 0 Å².